The lowest BCUT2D eigenvalue weighted by Gasteiger charge is -2.27. The number of fused-ring (bicyclic) bond motifs is 1. The Morgan fingerprint density at radius 2 is 2.11 bits per heavy atom. The molecule has 0 spiro atoms. The van der Waals surface area contributed by atoms with Crippen LogP contribution in [0.3, 0.4) is 0 Å². The molecule has 3 aromatic rings. The molecule has 0 amide bonds. The number of aliphatic hydroxyl groups is 3. The molecule has 0 aromatic carbocycles. The molecule has 9 heteroatoms. The number of nitrogen functional groups attached to an aromatic ring is 1. The Hall–Kier alpha value is -3.03. The van der Waals surface area contributed by atoms with Crippen molar-refractivity contribution in [3.63, 3.8) is 0 Å². The summed E-state index contributed by atoms with van der Waals surface area (Å²) in [5, 5.41) is 31.0. The van der Waals surface area contributed by atoms with Crippen molar-refractivity contribution in [3.05, 3.63) is 48.2 Å². The quantitative estimate of drug-likeness (QED) is 0.448. The lowest BCUT2D eigenvalue weighted by Crippen LogP contribution is -2.44. The molecule has 1 aliphatic heterocycles. The molecule has 9 nitrogen and oxygen atoms in total. The Kier molecular flexibility index (Phi) is 4.49. The van der Waals surface area contributed by atoms with E-state index in [2.05, 4.69) is 26.8 Å². The fraction of sp³-hybridized carbons (Fsp3) is 0.316. The van der Waals surface area contributed by atoms with Crippen molar-refractivity contribution in [2.75, 3.05) is 12.3 Å². The van der Waals surface area contributed by atoms with Crippen LogP contribution in [0.4, 0.5) is 5.82 Å². The maximum Gasteiger partial charge on any atom is 0.167 e. The minimum absolute atomic E-state index is 0.228. The van der Waals surface area contributed by atoms with Gasteiger partial charge in [-0.1, -0.05) is 12.0 Å². The van der Waals surface area contributed by atoms with Crippen LogP contribution in [0.1, 0.15) is 24.4 Å². The number of ether oxygens (including phenoxy) is 1. The van der Waals surface area contributed by atoms with Gasteiger partial charge >= 0.3 is 0 Å². The number of aliphatic hydroxyl groups excluding tert-OH is 2. The predicted octanol–water partition coefficient (Wildman–Crippen LogP) is -0.190. The van der Waals surface area contributed by atoms with Crippen molar-refractivity contribution >= 4 is 16.9 Å². The van der Waals surface area contributed by atoms with Crippen LogP contribution in [0.15, 0.2) is 36.9 Å². The number of hydrogen-bond donors (Lipinski definition) is 4. The van der Waals surface area contributed by atoms with E-state index in [1.54, 1.807) is 29.1 Å². The highest BCUT2D eigenvalue weighted by molar-refractivity contribution is 5.92. The smallest absolute Gasteiger partial charge is 0.167 e. The predicted molar refractivity (Wildman–Crippen MR) is 99.8 cm³/mol. The van der Waals surface area contributed by atoms with E-state index in [1.165, 1.54) is 13.3 Å². The van der Waals surface area contributed by atoms with Crippen LogP contribution >= 0.6 is 0 Å². The third-order valence-electron chi connectivity index (χ3n) is 4.82. The third-order valence-corrected chi connectivity index (χ3v) is 4.82. The van der Waals surface area contributed by atoms with Gasteiger partial charge in [-0.3, -0.25) is 0 Å². The molecule has 4 heterocycles. The Morgan fingerprint density at radius 3 is 2.79 bits per heavy atom. The van der Waals surface area contributed by atoms with E-state index in [9.17, 15) is 15.3 Å². The second-order valence-corrected chi connectivity index (χ2v) is 6.75. The molecule has 4 atom stereocenters. The van der Waals surface area contributed by atoms with Crippen molar-refractivity contribution in [1.82, 2.24) is 19.5 Å². The number of pyridine rings is 1. The van der Waals surface area contributed by atoms with E-state index in [4.69, 9.17) is 10.5 Å². The second-order valence-electron chi connectivity index (χ2n) is 6.75. The normalized spacial score (nSPS) is 26.9. The van der Waals surface area contributed by atoms with Crippen LogP contribution in [0.2, 0.25) is 0 Å². The minimum atomic E-state index is -1.66. The summed E-state index contributed by atoms with van der Waals surface area (Å²) in [6.45, 7) is 1.00. The summed E-state index contributed by atoms with van der Waals surface area (Å²) in [6.07, 6.45) is 1.37. The molecule has 4 unspecified atom stereocenters. The van der Waals surface area contributed by atoms with Gasteiger partial charge in [0.2, 0.25) is 0 Å². The monoisotopic (exact) mass is 381 g/mol. The van der Waals surface area contributed by atoms with Gasteiger partial charge in [0.1, 0.15) is 41.3 Å². The van der Waals surface area contributed by atoms with Crippen LogP contribution in [0.5, 0.6) is 0 Å². The van der Waals surface area contributed by atoms with Crippen molar-refractivity contribution in [3.8, 4) is 11.8 Å². The summed E-state index contributed by atoms with van der Waals surface area (Å²) >= 11 is 0. The molecule has 144 valence electrons. The van der Waals surface area contributed by atoms with Crippen LogP contribution in [0.25, 0.3) is 11.0 Å². The Bertz CT molecular complexity index is 1070. The molecule has 28 heavy (non-hydrogen) atoms. The number of nitrogens with two attached hydrogens (primary N) is 1. The molecule has 5 N–H and O–H groups in total. The standard InChI is InChI=1S/C19H19N5O4/c1-19(27)15(26)13(9-25)28-18(19)24-8-11(5-6-12-4-2-3-7-21-12)14-16(20)22-10-23-17(14)24/h2-4,7-8,10,13,15,18,25-27H,9H2,1H3,(H2,20,22,23). The summed E-state index contributed by atoms with van der Waals surface area (Å²) in [5.41, 5.74) is 5.89. The highest BCUT2D eigenvalue weighted by atomic mass is 16.6. The SMILES string of the molecule is CC1(O)C(O)C(CO)OC1n1cc(C#Cc2ccccn2)c2c(N)ncnc21. The molecule has 4 rings (SSSR count). The maximum absolute atomic E-state index is 10.8. The molecular weight excluding hydrogens is 362 g/mol. The topological polar surface area (TPSA) is 140 Å². The fourth-order valence-corrected chi connectivity index (χ4v) is 3.34. The van der Waals surface area contributed by atoms with E-state index in [0.29, 0.717) is 22.3 Å². The first-order chi connectivity index (χ1) is 13.4. The zero-order valence-corrected chi connectivity index (χ0v) is 15.0. The third kappa shape index (κ3) is 2.89. The highest BCUT2D eigenvalue weighted by Crippen LogP contribution is 2.40. The van der Waals surface area contributed by atoms with E-state index < -0.39 is 30.6 Å². The summed E-state index contributed by atoms with van der Waals surface area (Å²) in [4.78, 5) is 12.4. The minimum Gasteiger partial charge on any atom is -0.394 e. The number of nitrogens with zero attached hydrogens (tertiary/aromatic N) is 4. The van der Waals surface area contributed by atoms with Crippen LogP contribution in [0, 0.1) is 11.8 Å². The van der Waals surface area contributed by atoms with Crippen molar-refractivity contribution in [1.29, 1.82) is 0 Å². The van der Waals surface area contributed by atoms with E-state index in [1.807, 2.05) is 6.07 Å². The molecule has 3 aromatic heterocycles. The van der Waals surface area contributed by atoms with Gasteiger partial charge in [0.25, 0.3) is 0 Å². The first-order valence-corrected chi connectivity index (χ1v) is 8.64. The number of hydrogen-bond acceptors (Lipinski definition) is 8. The van der Waals surface area contributed by atoms with Crippen LogP contribution in [-0.2, 0) is 4.74 Å². The highest BCUT2D eigenvalue weighted by Gasteiger charge is 2.53. The number of aromatic nitrogens is 4. The summed E-state index contributed by atoms with van der Waals surface area (Å²) in [6, 6.07) is 5.40. The summed E-state index contributed by atoms with van der Waals surface area (Å²) < 4.78 is 7.25. The van der Waals surface area contributed by atoms with Crippen molar-refractivity contribution in [2.45, 2.75) is 31.0 Å². The van der Waals surface area contributed by atoms with Gasteiger partial charge in [0, 0.05) is 12.4 Å². The lowest BCUT2D eigenvalue weighted by molar-refractivity contribution is -0.0948. The molecule has 1 fully saturated rings. The van der Waals surface area contributed by atoms with Gasteiger partial charge in [-0.05, 0) is 25.0 Å². The zero-order chi connectivity index (χ0) is 19.9. The average Bonchev–Trinajstić information content (AvgIpc) is 3.17. The zero-order valence-electron chi connectivity index (χ0n) is 15.0. The molecule has 0 bridgehead atoms. The first kappa shape index (κ1) is 18.3. The molecule has 1 saturated heterocycles. The van der Waals surface area contributed by atoms with Crippen LogP contribution in [-0.4, -0.2) is 59.3 Å². The Morgan fingerprint density at radius 1 is 1.29 bits per heavy atom. The lowest BCUT2D eigenvalue weighted by atomic mass is 9.96. The fourth-order valence-electron chi connectivity index (χ4n) is 3.34. The second kappa shape index (κ2) is 6.85. The van der Waals surface area contributed by atoms with Gasteiger partial charge in [-0.15, -0.1) is 0 Å². The average molecular weight is 381 g/mol. The van der Waals surface area contributed by atoms with E-state index in [0.717, 1.165) is 0 Å². The summed E-state index contributed by atoms with van der Waals surface area (Å²) in [7, 11) is 0. The molecular formula is C19H19N5O4. The molecule has 0 radical (unpaired) electrons. The van der Waals surface area contributed by atoms with E-state index >= 15 is 0 Å². The Labute approximate surface area is 160 Å². The van der Waals surface area contributed by atoms with Gasteiger partial charge < -0.3 is 30.4 Å². The largest absolute Gasteiger partial charge is 0.394 e. The van der Waals surface area contributed by atoms with Crippen LogP contribution < -0.4 is 5.73 Å². The van der Waals surface area contributed by atoms with Gasteiger partial charge in [0.15, 0.2) is 6.23 Å². The van der Waals surface area contributed by atoms with Gasteiger partial charge in [-0.25, -0.2) is 15.0 Å². The van der Waals surface area contributed by atoms with Crippen molar-refractivity contribution < 1.29 is 20.1 Å². The number of rotatable bonds is 2. The van der Waals surface area contributed by atoms with Gasteiger partial charge in [0.05, 0.1) is 17.6 Å². The van der Waals surface area contributed by atoms with Gasteiger partial charge in [-0.2, -0.15) is 0 Å². The maximum atomic E-state index is 10.8. The Balaban J connectivity index is 1.85. The molecule has 0 aliphatic carbocycles. The first-order valence-electron chi connectivity index (χ1n) is 8.64. The molecule has 0 saturated carbocycles. The molecule has 1 aliphatic rings. The van der Waals surface area contributed by atoms with Crippen molar-refractivity contribution in [2.24, 2.45) is 0 Å². The number of anilines is 1. The van der Waals surface area contributed by atoms with E-state index in [-0.39, 0.29) is 5.82 Å². The summed E-state index contributed by atoms with van der Waals surface area (Å²) in [5.74, 6) is 6.19.